The van der Waals surface area contributed by atoms with E-state index in [1.54, 1.807) is 24.3 Å². The van der Waals surface area contributed by atoms with Crippen LogP contribution in [0.2, 0.25) is 5.02 Å². The number of rotatable bonds is 3. The number of anilines is 1. The number of carbonyl (C=O) groups is 1. The number of nitrogens with zero attached hydrogens (tertiary/aromatic N) is 2. The van der Waals surface area contributed by atoms with E-state index in [0.717, 1.165) is 18.5 Å². The predicted molar refractivity (Wildman–Crippen MR) is 95.3 cm³/mol. The maximum Gasteiger partial charge on any atom is 0.254 e. The number of amides is 1. The van der Waals surface area contributed by atoms with Crippen LogP contribution in [-0.4, -0.2) is 25.0 Å². The molecule has 3 rings (SSSR count). The Morgan fingerprint density at radius 1 is 1.24 bits per heavy atom. The molecule has 25 heavy (non-hydrogen) atoms. The smallest absolute Gasteiger partial charge is 0.254 e. The van der Waals surface area contributed by atoms with E-state index in [2.05, 4.69) is 16.3 Å². The van der Waals surface area contributed by atoms with Gasteiger partial charge >= 0.3 is 0 Å². The summed E-state index contributed by atoms with van der Waals surface area (Å²) in [5.74, 6) is -0.905. The molecule has 0 spiro atoms. The number of benzene rings is 2. The Hall–Kier alpha value is -2.58. The lowest BCUT2D eigenvalue weighted by atomic mass is 10.0. The van der Waals surface area contributed by atoms with Crippen molar-refractivity contribution in [1.82, 2.24) is 5.32 Å². The molecule has 1 amide bonds. The maximum absolute atomic E-state index is 13.7. The summed E-state index contributed by atoms with van der Waals surface area (Å²) >= 11 is 5.94. The first-order valence-corrected chi connectivity index (χ1v) is 8.46. The molecule has 0 saturated carbocycles. The number of nitrogens with one attached hydrogen (secondary N) is 1. The van der Waals surface area contributed by atoms with Crippen molar-refractivity contribution >= 4 is 23.2 Å². The molecular weight excluding hydrogens is 341 g/mol. The summed E-state index contributed by atoms with van der Waals surface area (Å²) in [5, 5.41) is 12.7. The second-order valence-electron chi connectivity index (χ2n) is 5.99. The summed E-state index contributed by atoms with van der Waals surface area (Å²) in [6, 6.07) is 13.4. The minimum Gasteiger partial charge on any atom is -0.370 e. The van der Waals surface area contributed by atoms with Crippen molar-refractivity contribution in [2.24, 2.45) is 0 Å². The van der Waals surface area contributed by atoms with Gasteiger partial charge in [-0.25, -0.2) is 4.39 Å². The van der Waals surface area contributed by atoms with Gasteiger partial charge in [-0.3, -0.25) is 4.79 Å². The van der Waals surface area contributed by atoms with E-state index in [9.17, 15) is 14.4 Å². The molecule has 1 saturated heterocycles. The number of piperidine rings is 1. The van der Waals surface area contributed by atoms with E-state index < -0.39 is 5.82 Å². The van der Waals surface area contributed by atoms with Gasteiger partial charge in [0.1, 0.15) is 11.9 Å². The summed E-state index contributed by atoms with van der Waals surface area (Å²) < 4.78 is 13.7. The highest BCUT2D eigenvalue weighted by Crippen LogP contribution is 2.26. The number of nitriles is 1. The molecule has 0 bridgehead atoms. The zero-order valence-electron chi connectivity index (χ0n) is 13.5. The standard InChI is InChI=1S/C19H17ClFN3O/c20-14-5-6-18(13(11-14)12-22)24-9-7-15(8-10-24)23-19(25)16-3-1-2-4-17(16)21/h1-6,11,15H,7-10H2,(H,23,25). The normalized spacial score (nSPS) is 14.8. The average Bonchev–Trinajstić information content (AvgIpc) is 2.62. The Labute approximate surface area is 150 Å². The molecular formula is C19H17ClFN3O. The number of halogens is 2. The van der Waals surface area contributed by atoms with Gasteiger partial charge in [0.2, 0.25) is 0 Å². The zero-order valence-corrected chi connectivity index (χ0v) is 14.3. The van der Waals surface area contributed by atoms with Crippen molar-refractivity contribution in [2.75, 3.05) is 18.0 Å². The van der Waals surface area contributed by atoms with Gasteiger partial charge < -0.3 is 10.2 Å². The molecule has 128 valence electrons. The minimum atomic E-state index is -0.516. The van der Waals surface area contributed by atoms with Gasteiger partial charge in [-0.05, 0) is 43.2 Å². The van der Waals surface area contributed by atoms with Gasteiger partial charge in [0, 0.05) is 24.2 Å². The first-order chi connectivity index (χ1) is 12.1. The van der Waals surface area contributed by atoms with Crippen LogP contribution in [0.25, 0.3) is 0 Å². The quantitative estimate of drug-likeness (QED) is 0.910. The topological polar surface area (TPSA) is 56.1 Å². The van der Waals surface area contributed by atoms with Crippen LogP contribution >= 0.6 is 11.6 Å². The van der Waals surface area contributed by atoms with Crippen LogP contribution in [0, 0.1) is 17.1 Å². The molecule has 0 unspecified atom stereocenters. The van der Waals surface area contributed by atoms with Crippen LogP contribution < -0.4 is 10.2 Å². The van der Waals surface area contributed by atoms with Crippen molar-refractivity contribution in [3.05, 3.63) is 64.4 Å². The lowest BCUT2D eigenvalue weighted by Crippen LogP contribution is -2.45. The molecule has 0 aliphatic carbocycles. The lowest BCUT2D eigenvalue weighted by Gasteiger charge is -2.34. The number of hydrogen-bond donors (Lipinski definition) is 1. The number of carbonyl (C=O) groups excluding carboxylic acids is 1. The molecule has 1 heterocycles. The summed E-state index contributed by atoms with van der Waals surface area (Å²) in [6.45, 7) is 1.41. The largest absolute Gasteiger partial charge is 0.370 e. The Balaban J connectivity index is 1.62. The van der Waals surface area contributed by atoms with Crippen LogP contribution in [-0.2, 0) is 0 Å². The molecule has 2 aromatic rings. The van der Waals surface area contributed by atoms with E-state index in [4.69, 9.17) is 11.6 Å². The fourth-order valence-electron chi connectivity index (χ4n) is 3.05. The molecule has 0 radical (unpaired) electrons. The van der Waals surface area contributed by atoms with Gasteiger partial charge in [-0.15, -0.1) is 0 Å². The summed E-state index contributed by atoms with van der Waals surface area (Å²) in [5.41, 5.74) is 1.46. The van der Waals surface area contributed by atoms with E-state index in [1.165, 1.54) is 12.1 Å². The third-order valence-corrected chi connectivity index (χ3v) is 4.60. The molecule has 2 aromatic carbocycles. The van der Waals surface area contributed by atoms with Crippen molar-refractivity contribution in [2.45, 2.75) is 18.9 Å². The average molecular weight is 358 g/mol. The Kier molecular flexibility index (Phi) is 5.20. The van der Waals surface area contributed by atoms with Crippen molar-refractivity contribution in [1.29, 1.82) is 5.26 Å². The zero-order chi connectivity index (χ0) is 17.8. The van der Waals surface area contributed by atoms with Gasteiger partial charge in [-0.2, -0.15) is 5.26 Å². The van der Waals surface area contributed by atoms with Crippen LogP contribution in [0.5, 0.6) is 0 Å². The van der Waals surface area contributed by atoms with Gasteiger partial charge in [0.25, 0.3) is 5.91 Å². The molecule has 0 aromatic heterocycles. The molecule has 1 fully saturated rings. The molecule has 1 N–H and O–H groups in total. The lowest BCUT2D eigenvalue weighted by molar-refractivity contribution is 0.0927. The van der Waals surface area contributed by atoms with Crippen molar-refractivity contribution < 1.29 is 9.18 Å². The highest BCUT2D eigenvalue weighted by Gasteiger charge is 2.23. The first-order valence-electron chi connectivity index (χ1n) is 8.08. The molecule has 1 aliphatic heterocycles. The Morgan fingerprint density at radius 3 is 2.64 bits per heavy atom. The van der Waals surface area contributed by atoms with Gasteiger partial charge in [-0.1, -0.05) is 23.7 Å². The summed E-state index contributed by atoms with van der Waals surface area (Å²) in [7, 11) is 0. The SMILES string of the molecule is N#Cc1cc(Cl)ccc1N1CCC(NC(=O)c2ccccc2F)CC1. The maximum atomic E-state index is 13.7. The van der Waals surface area contributed by atoms with Crippen molar-refractivity contribution in [3.8, 4) is 6.07 Å². The van der Waals surface area contributed by atoms with Crippen LogP contribution in [0.15, 0.2) is 42.5 Å². The summed E-state index contributed by atoms with van der Waals surface area (Å²) in [6.07, 6.45) is 1.46. The third kappa shape index (κ3) is 3.92. The molecule has 6 heteroatoms. The van der Waals surface area contributed by atoms with E-state index in [0.29, 0.717) is 23.7 Å². The second kappa shape index (κ2) is 7.54. The highest BCUT2D eigenvalue weighted by molar-refractivity contribution is 6.30. The predicted octanol–water partition coefficient (Wildman–Crippen LogP) is 3.75. The number of hydrogen-bond acceptors (Lipinski definition) is 3. The highest BCUT2D eigenvalue weighted by atomic mass is 35.5. The monoisotopic (exact) mass is 357 g/mol. The molecule has 4 nitrogen and oxygen atoms in total. The minimum absolute atomic E-state index is 0.0128. The van der Waals surface area contributed by atoms with Crippen LogP contribution in [0.1, 0.15) is 28.8 Å². The van der Waals surface area contributed by atoms with Gasteiger partial charge in [0.05, 0.1) is 16.8 Å². The van der Waals surface area contributed by atoms with E-state index in [1.807, 2.05) is 6.07 Å². The van der Waals surface area contributed by atoms with Gasteiger partial charge in [0.15, 0.2) is 0 Å². The molecule has 0 atom stereocenters. The first kappa shape index (κ1) is 17.2. The van der Waals surface area contributed by atoms with Crippen LogP contribution in [0.4, 0.5) is 10.1 Å². The van der Waals surface area contributed by atoms with Crippen molar-refractivity contribution in [3.63, 3.8) is 0 Å². The van der Waals surface area contributed by atoms with E-state index in [-0.39, 0.29) is 17.5 Å². The van der Waals surface area contributed by atoms with E-state index >= 15 is 0 Å². The summed E-state index contributed by atoms with van der Waals surface area (Å²) in [4.78, 5) is 14.3. The third-order valence-electron chi connectivity index (χ3n) is 4.37. The second-order valence-corrected chi connectivity index (χ2v) is 6.42. The van der Waals surface area contributed by atoms with Crippen LogP contribution in [0.3, 0.4) is 0 Å². The Bertz CT molecular complexity index is 826. The fourth-order valence-corrected chi connectivity index (χ4v) is 3.22. The fraction of sp³-hybridized carbons (Fsp3) is 0.263. The molecule has 1 aliphatic rings. The Morgan fingerprint density at radius 2 is 1.96 bits per heavy atom.